The molecule has 7 heteroatoms. The predicted octanol–water partition coefficient (Wildman–Crippen LogP) is 4.61. The zero-order valence-corrected chi connectivity index (χ0v) is 17.9. The van der Waals surface area contributed by atoms with Crippen LogP contribution >= 0.6 is 0 Å². The van der Waals surface area contributed by atoms with E-state index in [1.165, 1.54) is 35.9 Å². The van der Waals surface area contributed by atoms with Crippen LogP contribution in [0.4, 0.5) is 14.5 Å². The van der Waals surface area contributed by atoms with Crippen LogP contribution < -0.4 is 4.90 Å². The first-order valence-electron chi connectivity index (χ1n) is 9.78. The van der Waals surface area contributed by atoms with Gasteiger partial charge in [0.2, 0.25) is 6.41 Å². The minimum absolute atomic E-state index is 0.0388. The van der Waals surface area contributed by atoms with Gasteiger partial charge in [-0.25, -0.2) is 8.78 Å². The Morgan fingerprint density at radius 3 is 2.67 bits per heavy atom. The van der Waals surface area contributed by atoms with Gasteiger partial charge in [0, 0.05) is 36.3 Å². The summed E-state index contributed by atoms with van der Waals surface area (Å²) in [5, 5.41) is 9.15. The lowest BCUT2D eigenvalue weighted by atomic mass is 9.94. The van der Waals surface area contributed by atoms with Crippen molar-refractivity contribution in [2.45, 2.75) is 45.8 Å². The Bertz CT molecular complexity index is 929. The maximum Gasteiger partial charge on any atom is 0.252 e. The second kappa shape index (κ2) is 9.21. The van der Waals surface area contributed by atoms with Crippen molar-refractivity contribution < 1.29 is 18.4 Å². The van der Waals surface area contributed by atoms with Crippen LogP contribution in [-0.2, 0) is 9.59 Å². The number of amides is 2. The van der Waals surface area contributed by atoms with Gasteiger partial charge in [-0.15, -0.1) is 0 Å². The minimum Gasteiger partial charge on any atom is -0.327 e. The first kappa shape index (κ1) is 23.3. The maximum absolute atomic E-state index is 14.5. The third-order valence-corrected chi connectivity index (χ3v) is 5.53. The molecule has 0 saturated carbocycles. The quantitative estimate of drug-likeness (QED) is 0.611. The molecule has 0 aliphatic heterocycles. The number of rotatable bonds is 7. The first-order valence-corrected chi connectivity index (χ1v) is 9.78. The number of nitriles is 1. The lowest BCUT2D eigenvalue weighted by Gasteiger charge is -2.38. The Balaban J connectivity index is 2.32. The van der Waals surface area contributed by atoms with E-state index in [0.29, 0.717) is 24.1 Å². The standard InChI is InChI=1S/C23H27F2N3O2/c1-15-7-6-8-18(21(15)25)13-28(14-29)23(3,4)22(30)27(5)19-10-9-17(12-26)20(11-19)16(2)24/h6,8-11,14-16H,7,13H2,1-5H3. The summed E-state index contributed by atoms with van der Waals surface area (Å²) in [6.07, 6.45) is 3.25. The van der Waals surface area contributed by atoms with Gasteiger partial charge in [0.15, 0.2) is 0 Å². The number of hydrogen-bond acceptors (Lipinski definition) is 3. The molecule has 2 unspecified atom stereocenters. The van der Waals surface area contributed by atoms with E-state index in [1.54, 1.807) is 32.9 Å². The fourth-order valence-electron chi connectivity index (χ4n) is 3.43. The molecule has 30 heavy (non-hydrogen) atoms. The van der Waals surface area contributed by atoms with Gasteiger partial charge >= 0.3 is 0 Å². The highest BCUT2D eigenvalue weighted by Crippen LogP contribution is 2.30. The van der Waals surface area contributed by atoms with Crippen molar-refractivity contribution >= 4 is 18.0 Å². The second-order valence-electron chi connectivity index (χ2n) is 8.07. The predicted molar refractivity (Wildman–Crippen MR) is 112 cm³/mol. The third-order valence-electron chi connectivity index (χ3n) is 5.53. The average Bonchev–Trinajstić information content (AvgIpc) is 2.72. The Morgan fingerprint density at radius 1 is 1.43 bits per heavy atom. The summed E-state index contributed by atoms with van der Waals surface area (Å²) >= 11 is 0. The van der Waals surface area contributed by atoms with Gasteiger partial charge in [-0.3, -0.25) is 9.59 Å². The molecule has 0 N–H and O–H groups in total. The van der Waals surface area contributed by atoms with Crippen molar-refractivity contribution in [3.05, 3.63) is 52.9 Å². The third kappa shape index (κ3) is 4.59. The van der Waals surface area contributed by atoms with Crippen molar-refractivity contribution in [2.24, 2.45) is 5.92 Å². The molecule has 1 aromatic rings. The molecular weight excluding hydrogens is 388 g/mol. The van der Waals surface area contributed by atoms with E-state index in [4.69, 9.17) is 5.26 Å². The molecule has 0 spiro atoms. The summed E-state index contributed by atoms with van der Waals surface area (Å²) in [6.45, 7) is 6.21. The Kier molecular flexibility index (Phi) is 7.14. The van der Waals surface area contributed by atoms with Crippen LogP contribution in [0.2, 0.25) is 0 Å². The summed E-state index contributed by atoms with van der Waals surface area (Å²) in [4.78, 5) is 27.6. The van der Waals surface area contributed by atoms with E-state index >= 15 is 0 Å². The van der Waals surface area contributed by atoms with Crippen LogP contribution in [0, 0.1) is 17.2 Å². The van der Waals surface area contributed by atoms with E-state index < -0.39 is 17.6 Å². The molecule has 1 aromatic carbocycles. The molecule has 2 rings (SSSR count). The van der Waals surface area contributed by atoms with Crippen LogP contribution in [0.1, 0.15) is 51.4 Å². The summed E-state index contributed by atoms with van der Waals surface area (Å²) in [7, 11) is 1.52. The topological polar surface area (TPSA) is 64.4 Å². The molecule has 0 aromatic heterocycles. The molecule has 0 fully saturated rings. The van der Waals surface area contributed by atoms with Gasteiger partial charge in [0.05, 0.1) is 11.6 Å². The number of carbonyl (C=O) groups is 2. The number of hydrogen-bond donors (Lipinski definition) is 0. The number of carbonyl (C=O) groups excluding carboxylic acids is 2. The normalized spacial score (nSPS) is 17.3. The first-order chi connectivity index (χ1) is 14.0. The number of allylic oxidation sites excluding steroid dienone is 2. The van der Waals surface area contributed by atoms with Crippen LogP contribution in [0.3, 0.4) is 0 Å². The minimum atomic E-state index is -1.38. The van der Waals surface area contributed by atoms with E-state index in [2.05, 4.69) is 0 Å². The van der Waals surface area contributed by atoms with Gasteiger partial charge in [0.1, 0.15) is 17.5 Å². The van der Waals surface area contributed by atoms with Crippen molar-refractivity contribution in [3.63, 3.8) is 0 Å². The summed E-state index contributed by atoms with van der Waals surface area (Å²) in [5.74, 6) is -0.972. The number of alkyl halides is 1. The highest BCUT2D eigenvalue weighted by molar-refractivity contribution is 6.00. The largest absolute Gasteiger partial charge is 0.327 e. The SMILES string of the molecule is CC1CC=CC(CN(C=O)C(C)(C)C(=O)N(C)c2ccc(C#N)c(C(C)F)c2)=C1F. The number of likely N-dealkylation sites (N-methyl/N-ethyl adjacent to an activating group) is 1. The second-order valence-corrected chi connectivity index (χ2v) is 8.07. The zero-order chi connectivity index (χ0) is 22.6. The molecule has 5 nitrogen and oxygen atoms in total. The fraction of sp³-hybridized carbons (Fsp3) is 0.435. The molecule has 2 atom stereocenters. The van der Waals surface area contributed by atoms with Crippen molar-refractivity contribution in [2.75, 3.05) is 18.5 Å². The molecular formula is C23H27F2N3O2. The van der Waals surface area contributed by atoms with Crippen molar-refractivity contribution in [1.29, 1.82) is 5.26 Å². The molecule has 1 aliphatic rings. The Labute approximate surface area is 176 Å². The molecule has 0 radical (unpaired) electrons. The van der Waals surface area contributed by atoms with Crippen molar-refractivity contribution in [1.82, 2.24) is 4.90 Å². The molecule has 1 aliphatic carbocycles. The van der Waals surface area contributed by atoms with E-state index in [1.807, 2.05) is 12.1 Å². The number of nitrogens with zero attached hydrogens (tertiary/aromatic N) is 3. The Hall–Kier alpha value is -3.01. The van der Waals surface area contributed by atoms with Gasteiger partial charge in [-0.2, -0.15) is 5.26 Å². The number of halogens is 2. The van der Waals surface area contributed by atoms with E-state index in [-0.39, 0.29) is 29.4 Å². The van der Waals surface area contributed by atoms with E-state index in [9.17, 15) is 18.4 Å². The lowest BCUT2D eigenvalue weighted by molar-refractivity contribution is -0.136. The molecule has 0 heterocycles. The van der Waals surface area contributed by atoms with Crippen LogP contribution in [0.15, 0.2) is 41.8 Å². The number of benzene rings is 1. The monoisotopic (exact) mass is 415 g/mol. The Morgan fingerprint density at radius 2 is 2.10 bits per heavy atom. The maximum atomic E-state index is 14.5. The fourth-order valence-corrected chi connectivity index (χ4v) is 3.43. The summed E-state index contributed by atoms with van der Waals surface area (Å²) < 4.78 is 28.4. The highest BCUT2D eigenvalue weighted by Gasteiger charge is 2.37. The molecule has 2 amide bonds. The van der Waals surface area contributed by atoms with Crippen LogP contribution in [-0.4, -0.2) is 36.3 Å². The van der Waals surface area contributed by atoms with Gasteiger partial charge in [-0.1, -0.05) is 19.1 Å². The van der Waals surface area contributed by atoms with Crippen LogP contribution in [0.25, 0.3) is 0 Å². The van der Waals surface area contributed by atoms with Crippen LogP contribution in [0.5, 0.6) is 0 Å². The van der Waals surface area contributed by atoms with Gasteiger partial charge in [0.25, 0.3) is 5.91 Å². The smallest absolute Gasteiger partial charge is 0.252 e. The van der Waals surface area contributed by atoms with Gasteiger partial charge in [-0.05, 0) is 45.4 Å². The zero-order valence-electron chi connectivity index (χ0n) is 17.9. The summed E-state index contributed by atoms with van der Waals surface area (Å²) in [6, 6.07) is 6.41. The summed E-state index contributed by atoms with van der Waals surface area (Å²) in [5.41, 5.74) is -0.129. The average molecular weight is 415 g/mol. The number of anilines is 1. The molecule has 160 valence electrons. The molecule has 0 bridgehead atoms. The molecule has 0 saturated heterocycles. The highest BCUT2D eigenvalue weighted by atomic mass is 19.1. The lowest BCUT2D eigenvalue weighted by Crippen LogP contribution is -2.55. The van der Waals surface area contributed by atoms with Gasteiger partial charge < -0.3 is 9.80 Å². The van der Waals surface area contributed by atoms with Crippen molar-refractivity contribution in [3.8, 4) is 6.07 Å². The van der Waals surface area contributed by atoms with E-state index in [0.717, 1.165) is 0 Å².